The smallest absolute Gasteiger partial charge is 0.234 e. The lowest BCUT2D eigenvalue weighted by molar-refractivity contribution is -0.113. The predicted octanol–water partition coefficient (Wildman–Crippen LogP) is 3.06. The summed E-state index contributed by atoms with van der Waals surface area (Å²) in [6, 6.07) is 7.68. The maximum absolute atomic E-state index is 11.7. The van der Waals surface area contributed by atoms with Crippen LogP contribution in [0.2, 0.25) is 0 Å². The molecule has 0 bridgehead atoms. The second kappa shape index (κ2) is 6.39. The first-order valence-corrected chi connectivity index (χ1v) is 7.91. The van der Waals surface area contributed by atoms with Crippen LogP contribution in [0.25, 0.3) is 0 Å². The third kappa shape index (κ3) is 4.14. The summed E-state index contributed by atoms with van der Waals surface area (Å²) >= 11 is 5.03. The molecule has 0 atom stereocenters. The van der Waals surface area contributed by atoms with Crippen molar-refractivity contribution in [2.75, 3.05) is 16.8 Å². The number of nitrogens with two attached hydrogens (primary N) is 1. The molecule has 18 heavy (non-hydrogen) atoms. The van der Waals surface area contributed by atoms with Gasteiger partial charge in [-0.15, -0.1) is 11.8 Å². The van der Waals surface area contributed by atoms with E-state index in [1.54, 1.807) is 6.20 Å². The Kier molecular flexibility index (Phi) is 4.84. The van der Waals surface area contributed by atoms with Gasteiger partial charge in [-0.3, -0.25) is 4.79 Å². The number of thioether (sulfide) groups is 1. The Hall–Kier alpha value is -0.800. The van der Waals surface area contributed by atoms with Gasteiger partial charge in [-0.25, -0.2) is 4.98 Å². The molecular formula is C11H10IN3OS2. The van der Waals surface area contributed by atoms with Crippen molar-refractivity contribution in [1.29, 1.82) is 0 Å². The van der Waals surface area contributed by atoms with Crippen LogP contribution in [0.4, 0.5) is 10.8 Å². The van der Waals surface area contributed by atoms with Gasteiger partial charge in [0.2, 0.25) is 5.91 Å². The van der Waals surface area contributed by atoms with Gasteiger partial charge >= 0.3 is 0 Å². The number of hydrogen-bond donors (Lipinski definition) is 2. The van der Waals surface area contributed by atoms with E-state index in [9.17, 15) is 4.79 Å². The summed E-state index contributed by atoms with van der Waals surface area (Å²) in [7, 11) is 0. The second-order valence-electron chi connectivity index (χ2n) is 3.36. The van der Waals surface area contributed by atoms with Crippen LogP contribution in [-0.4, -0.2) is 16.6 Å². The van der Waals surface area contributed by atoms with Crippen LogP contribution >= 0.6 is 45.7 Å². The first kappa shape index (κ1) is 13.6. The molecule has 0 saturated heterocycles. The SMILES string of the molecule is Nc1ncc(SCC(=O)Nc2cccc(I)c2)s1. The minimum atomic E-state index is -0.0334. The predicted molar refractivity (Wildman–Crippen MR) is 85.0 cm³/mol. The minimum Gasteiger partial charge on any atom is -0.375 e. The number of carbonyl (C=O) groups is 1. The number of nitrogen functional groups attached to an aromatic ring is 1. The fourth-order valence-corrected chi connectivity index (χ4v) is 3.34. The Labute approximate surface area is 127 Å². The summed E-state index contributed by atoms with van der Waals surface area (Å²) in [5.41, 5.74) is 6.33. The summed E-state index contributed by atoms with van der Waals surface area (Å²) < 4.78 is 2.04. The molecule has 0 aliphatic carbocycles. The molecule has 0 saturated carbocycles. The highest BCUT2D eigenvalue weighted by Crippen LogP contribution is 2.26. The maximum atomic E-state index is 11.7. The lowest BCUT2D eigenvalue weighted by Crippen LogP contribution is -2.13. The normalized spacial score (nSPS) is 10.3. The molecule has 1 aromatic carbocycles. The van der Waals surface area contributed by atoms with E-state index in [1.807, 2.05) is 24.3 Å². The quantitative estimate of drug-likeness (QED) is 0.621. The molecule has 1 heterocycles. The van der Waals surface area contributed by atoms with Gasteiger partial charge in [0.05, 0.1) is 16.2 Å². The lowest BCUT2D eigenvalue weighted by Gasteiger charge is -2.04. The Bertz CT molecular complexity index is 559. The van der Waals surface area contributed by atoms with Crippen molar-refractivity contribution < 1.29 is 4.79 Å². The molecule has 3 N–H and O–H groups in total. The molecule has 4 nitrogen and oxygen atoms in total. The highest BCUT2D eigenvalue weighted by Gasteiger charge is 2.06. The molecule has 1 aromatic heterocycles. The molecular weight excluding hydrogens is 381 g/mol. The summed E-state index contributed by atoms with van der Waals surface area (Å²) in [5, 5.41) is 3.37. The van der Waals surface area contributed by atoms with Gasteiger partial charge in [-0.05, 0) is 40.8 Å². The largest absolute Gasteiger partial charge is 0.375 e. The Morgan fingerprint density at radius 2 is 2.39 bits per heavy atom. The van der Waals surface area contributed by atoms with Crippen molar-refractivity contribution in [3.05, 3.63) is 34.0 Å². The molecule has 94 valence electrons. The van der Waals surface area contributed by atoms with E-state index in [0.717, 1.165) is 13.5 Å². The zero-order chi connectivity index (χ0) is 13.0. The number of benzene rings is 1. The summed E-state index contributed by atoms with van der Waals surface area (Å²) in [4.78, 5) is 15.7. The van der Waals surface area contributed by atoms with E-state index in [4.69, 9.17) is 5.73 Å². The lowest BCUT2D eigenvalue weighted by atomic mass is 10.3. The second-order valence-corrected chi connectivity index (χ2v) is 6.95. The van der Waals surface area contributed by atoms with E-state index < -0.39 is 0 Å². The van der Waals surface area contributed by atoms with E-state index in [1.165, 1.54) is 23.1 Å². The molecule has 0 fully saturated rings. The van der Waals surface area contributed by atoms with Gasteiger partial charge in [0, 0.05) is 9.26 Å². The van der Waals surface area contributed by atoms with Crippen molar-refractivity contribution in [3.63, 3.8) is 0 Å². The Balaban J connectivity index is 1.85. The van der Waals surface area contributed by atoms with Gasteiger partial charge in [0.25, 0.3) is 0 Å². The van der Waals surface area contributed by atoms with Crippen molar-refractivity contribution in [2.45, 2.75) is 4.21 Å². The van der Waals surface area contributed by atoms with Gasteiger partial charge in [0.1, 0.15) is 0 Å². The molecule has 0 unspecified atom stereocenters. The molecule has 2 rings (SSSR count). The standard InChI is InChI=1S/C11H10IN3OS2/c12-7-2-1-3-8(4-7)15-9(16)6-17-10-5-14-11(13)18-10/h1-5H,6H2,(H2,13,14)(H,15,16). The molecule has 2 aromatic rings. The number of hydrogen-bond acceptors (Lipinski definition) is 5. The monoisotopic (exact) mass is 391 g/mol. The first-order valence-electron chi connectivity index (χ1n) is 5.03. The molecule has 0 aliphatic heterocycles. The van der Waals surface area contributed by atoms with E-state index in [2.05, 4.69) is 32.9 Å². The van der Waals surface area contributed by atoms with Gasteiger partial charge in [-0.1, -0.05) is 17.4 Å². The van der Waals surface area contributed by atoms with Crippen LogP contribution in [0.1, 0.15) is 0 Å². The van der Waals surface area contributed by atoms with Crippen molar-refractivity contribution in [2.24, 2.45) is 0 Å². The first-order chi connectivity index (χ1) is 8.63. The van der Waals surface area contributed by atoms with Gasteiger partial charge in [-0.2, -0.15) is 0 Å². The number of nitrogens with one attached hydrogen (secondary N) is 1. The average molecular weight is 391 g/mol. The fourth-order valence-electron chi connectivity index (χ4n) is 1.24. The van der Waals surface area contributed by atoms with Gasteiger partial charge in [0.15, 0.2) is 5.13 Å². The molecule has 0 aliphatic rings. The summed E-state index contributed by atoms with van der Waals surface area (Å²) in [5.74, 6) is 0.321. The number of amides is 1. The van der Waals surface area contributed by atoms with Crippen LogP contribution < -0.4 is 11.1 Å². The zero-order valence-electron chi connectivity index (χ0n) is 9.22. The number of anilines is 2. The van der Waals surface area contributed by atoms with E-state index in [-0.39, 0.29) is 5.91 Å². The number of thiazole rings is 1. The number of halogens is 1. The highest BCUT2D eigenvalue weighted by atomic mass is 127. The Morgan fingerprint density at radius 3 is 3.06 bits per heavy atom. The van der Waals surface area contributed by atoms with Crippen LogP contribution in [0.15, 0.2) is 34.7 Å². The summed E-state index contributed by atoms with van der Waals surface area (Å²) in [6.07, 6.45) is 1.68. The van der Waals surface area contributed by atoms with Crippen LogP contribution in [-0.2, 0) is 4.79 Å². The molecule has 0 radical (unpaired) electrons. The molecule has 0 spiro atoms. The zero-order valence-corrected chi connectivity index (χ0v) is 13.0. The topological polar surface area (TPSA) is 68.0 Å². The van der Waals surface area contributed by atoms with Crippen molar-refractivity contribution >= 4 is 62.4 Å². The maximum Gasteiger partial charge on any atom is 0.234 e. The fraction of sp³-hybridized carbons (Fsp3) is 0.0909. The number of aromatic nitrogens is 1. The van der Waals surface area contributed by atoms with Crippen LogP contribution in [0.3, 0.4) is 0 Å². The van der Waals surface area contributed by atoms with E-state index in [0.29, 0.717) is 10.9 Å². The van der Waals surface area contributed by atoms with Crippen molar-refractivity contribution in [3.8, 4) is 0 Å². The summed E-state index contributed by atoms with van der Waals surface area (Å²) in [6.45, 7) is 0. The van der Waals surface area contributed by atoms with Crippen molar-refractivity contribution in [1.82, 2.24) is 4.98 Å². The molecule has 7 heteroatoms. The Morgan fingerprint density at radius 1 is 1.56 bits per heavy atom. The highest BCUT2D eigenvalue weighted by molar-refractivity contribution is 14.1. The number of nitrogens with zero attached hydrogens (tertiary/aromatic N) is 1. The third-order valence-corrected chi connectivity index (χ3v) is 4.65. The van der Waals surface area contributed by atoms with E-state index >= 15 is 0 Å². The average Bonchev–Trinajstić information content (AvgIpc) is 2.73. The molecule has 1 amide bonds. The minimum absolute atomic E-state index is 0.0334. The number of rotatable bonds is 4. The van der Waals surface area contributed by atoms with Crippen LogP contribution in [0.5, 0.6) is 0 Å². The van der Waals surface area contributed by atoms with Crippen LogP contribution in [0, 0.1) is 3.57 Å². The number of carbonyl (C=O) groups excluding carboxylic acids is 1. The van der Waals surface area contributed by atoms with Gasteiger partial charge < -0.3 is 11.1 Å². The third-order valence-electron chi connectivity index (χ3n) is 1.96.